The Labute approximate surface area is 282 Å². The lowest BCUT2D eigenvalue weighted by atomic mass is 9.94. The number of aliphatic hydroxyl groups excluding tert-OH is 8. The third kappa shape index (κ3) is 10.7. The van der Waals surface area contributed by atoms with Crippen LogP contribution >= 0.6 is 0 Å². The maximum absolute atomic E-state index is 12.0. The van der Waals surface area contributed by atoms with E-state index in [9.17, 15) is 55.2 Å². The first-order valence-corrected chi connectivity index (χ1v) is 16.0. The van der Waals surface area contributed by atoms with Crippen LogP contribution in [0.25, 0.3) is 0 Å². The highest BCUT2D eigenvalue weighted by molar-refractivity contribution is 5.73. The lowest BCUT2D eigenvalue weighted by molar-refractivity contribution is -0.375. The smallest absolute Gasteiger partial charge is 0.305 e. The summed E-state index contributed by atoms with van der Waals surface area (Å²) in [7, 11) is 1.28. The van der Waals surface area contributed by atoms with Crippen molar-refractivity contribution in [3.63, 3.8) is 0 Å². The summed E-state index contributed by atoms with van der Waals surface area (Å²) < 4.78 is 39.7. The van der Waals surface area contributed by atoms with E-state index in [1.165, 1.54) is 7.11 Å². The summed E-state index contributed by atoms with van der Waals surface area (Å²) in [4.78, 5) is 35.4. The molecule has 0 aromatic carbocycles. The molecule has 49 heavy (non-hydrogen) atoms. The van der Waals surface area contributed by atoms with Crippen LogP contribution in [0.1, 0.15) is 39.5 Å². The van der Waals surface area contributed by atoms with Crippen LogP contribution in [0, 0.1) is 0 Å². The Balaban J connectivity index is 1.90. The van der Waals surface area contributed by atoms with Crippen molar-refractivity contribution >= 4 is 17.8 Å². The number of aliphatic hydroxyl groups is 8. The highest BCUT2D eigenvalue weighted by Crippen LogP contribution is 2.33. The molecule has 284 valence electrons. The molecule has 0 saturated carbocycles. The third-order valence-corrected chi connectivity index (χ3v) is 8.42. The number of carbonyl (C=O) groups is 3. The maximum Gasteiger partial charge on any atom is 0.305 e. The van der Waals surface area contributed by atoms with Crippen LogP contribution in [0.15, 0.2) is 0 Å². The van der Waals surface area contributed by atoms with Gasteiger partial charge in [-0.3, -0.25) is 14.4 Å². The highest BCUT2D eigenvalue weighted by Gasteiger charge is 2.54. The zero-order chi connectivity index (χ0) is 36.4. The minimum atomic E-state index is -1.81. The molecule has 0 radical (unpaired) electrons. The van der Waals surface area contributed by atoms with Gasteiger partial charge in [0.15, 0.2) is 18.9 Å². The molecule has 10 N–H and O–H groups in total. The second kappa shape index (κ2) is 19.5. The quantitative estimate of drug-likeness (QED) is 0.0527. The minimum Gasteiger partial charge on any atom is -0.469 e. The van der Waals surface area contributed by atoms with E-state index >= 15 is 0 Å². The lowest BCUT2D eigenvalue weighted by Gasteiger charge is -2.49. The third-order valence-electron chi connectivity index (χ3n) is 8.42. The van der Waals surface area contributed by atoms with E-state index in [4.69, 9.17) is 28.4 Å². The standard InChI is InChI=1S/C29H50N2O18/c1-12(35)30-18-22(40)20(38)14(9-32)45-27(18)48-25-16(11-34)47-29(44-8-6-4-5-7-17(37)43-3)26(24(25)42)49-28-19(31-13(2)36)23(41)21(39)15(10-33)46-28/h14-16,18-29,32-34,38-42H,4-11H2,1-3H3,(H,30,35)(H,31,36)/t14-,15-,16-,18-,19-,20-,21-,22-,23-,24+,25+,26-,27+,28+,29-/m1/s1. The second-order valence-electron chi connectivity index (χ2n) is 12.0. The number of hydrogen-bond acceptors (Lipinski definition) is 18. The fourth-order valence-corrected chi connectivity index (χ4v) is 5.82. The number of rotatable bonds is 16. The van der Waals surface area contributed by atoms with Crippen LogP contribution in [0.2, 0.25) is 0 Å². The van der Waals surface area contributed by atoms with E-state index in [-0.39, 0.29) is 19.0 Å². The van der Waals surface area contributed by atoms with Crippen LogP contribution in [0.5, 0.6) is 0 Å². The fraction of sp³-hybridized carbons (Fsp3) is 0.897. The molecule has 0 bridgehead atoms. The van der Waals surface area contributed by atoms with E-state index in [2.05, 4.69) is 15.4 Å². The Morgan fingerprint density at radius 3 is 1.53 bits per heavy atom. The topological polar surface area (TPSA) is 302 Å². The van der Waals surface area contributed by atoms with Crippen molar-refractivity contribution in [3.05, 3.63) is 0 Å². The lowest BCUT2D eigenvalue weighted by Crippen LogP contribution is -2.69. The number of unbranched alkanes of at least 4 members (excludes halogenated alkanes) is 2. The molecule has 0 spiro atoms. The summed E-state index contributed by atoms with van der Waals surface area (Å²) in [6.07, 6.45) is -18.9. The molecule has 0 aromatic rings. The zero-order valence-corrected chi connectivity index (χ0v) is 27.5. The van der Waals surface area contributed by atoms with E-state index in [1.807, 2.05) is 0 Å². The molecule has 0 aromatic heterocycles. The number of esters is 1. The monoisotopic (exact) mass is 714 g/mol. The summed E-state index contributed by atoms with van der Waals surface area (Å²) in [5.74, 6) is -1.67. The van der Waals surface area contributed by atoms with Crippen molar-refractivity contribution < 1.29 is 88.4 Å². The van der Waals surface area contributed by atoms with E-state index in [0.717, 1.165) is 13.8 Å². The fourth-order valence-electron chi connectivity index (χ4n) is 5.82. The van der Waals surface area contributed by atoms with Crippen molar-refractivity contribution in [2.45, 2.75) is 132 Å². The predicted octanol–water partition coefficient (Wildman–Crippen LogP) is -5.53. The Hall–Kier alpha value is -2.15. The Morgan fingerprint density at radius 1 is 0.612 bits per heavy atom. The van der Waals surface area contributed by atoms with Crippen molar-refractivity contribution in [3.8, 4) is 0 Å². The molecular weight excluding hydrogens is 664 g/mol. The molecule has 3 aliphatic heterocycles. The molecule has 20 nitrogen and oxygen atoms in total. The van der Waals surface area contributed by atoms with Gasteiger partial charge in [-0.15, -0.1) is 0 Å². The Kier molecular flexibility index (Phi) is 16.4. The van der Waals surface area contributed by atoms with Gasteiger partial charge in [0, 0.05) is 26.9 Å². The average molecular weight is 715 g/mol. The van der Waals surface area contributed by atoms with Gasteiger partial charge in [0.2, 0.25) is 11.8 Å². The van der Waals surface area contributed by atoms with Gasteiger partial charge in [0.25, 0.3) is 0 Å². The summed E-state index contributed by atoms with van der Waals surface area (Å²) in [5, 5.41) is 88.6. The first-order valence-electron chi connectivity index (χ1n) is 16.0. The van der Waals surface area contributed by atoms with Crippen molar-refractivity contribution in [2.24, 2.45) is 0 Å². The number of amides is 2. The molecule has 0 unspecified atom stereocenters. The van der Waals surface area contributed by atoms with Gasteiger partial charge in [0.1, 0.15) is 73.1 Å². The Bertz CT molecular complexity index is 1060. The Morgan fingerprint density at radius 2 is 1.08 bits per heavy atom. The number of carbonyl (C=O) groups excluding carboxylic acids is 3. The second-order valence-corrected chi connectivity index (χ2v) is 12.0. The van der Waals surface area contributed by atoms with Crippen molar-refractivity contribution in [1.29, 1.82) is 0 Å². The van der Waals surface area contributed by atoms with E-state index in [1.54, 1.807) is 0 Å². The van der Waals surface area contributed by atoms with Gasteiger partial charge >= 0.3 is 5.97 Å². The van der Waals surface area contributed by atoms with E-state index < -0.39 is 124 Å². The number of nitrogens with one attached hydrogen (secondary N) is 2. The molecular formula is C29H50N2O18. The summed E-state index contributed by atoms with van der Waals surface area (Å²) >= 11 is 0. The summed E-state index contributed by atoms with van der Waals surface area (Å²) in [6.45, 7) is -0.0284. The van der Waals surface area contributed by atoms with Crippen LogP contribution in [0.3, 0.4) is 0 Å². The highest BCUT2D eigenvalue weighted by atomic mass is 16.8. The SMILES string of the molecule is COC(=O)CCCCCO[C@@H]1O[C@H](CO)[C@H](O[C@@H]2O[C@H](CO)[C@@H](O)[C@H](O)[C@H]2NC(C)=O)[C@H](O)[C@H]1O[C@@H]1O[C@H](CO)[C@@H](O)[C@H](O)[C@H]1NC(C)=O. The molecule has 3 aliphatic rings. The predicted molar refractivity (Wildman–Crippen MR) is 159 cm³/mol. The molecule has 3 rings (SSSR count). The van der Waals surface area contributed by atoms with Crippen LogP contribution in [-0.4, -0.2) is 184 Å². The van der Waals surface area contributed by atoms with Gasteiger partial charge in [-0.05, 0) is 12.8 Å². The summed E-state index contributed by atoms with van der Waals surface area (Å²) in [6, 6.07) is -2.85. The zero-order valence-electron chi connectivity index (χ0n) is 27.5. The minimum absolute atomic E-state index is 0.00193. The van der Waals surface area contributed by atoms with Gasteiger partial charge in [-0.2, -0.15) is 0 Å². The molecule has 0 aliphatic carbocycles. The molecule has 3 fully saturated rings. The van der Waals surface area contributed by atoms with Gasteiger partial charge in [0.05, 0.1) is 26.9 Å². The molecule has 20 heteroatoms. The number of hydrogen-bond donors (Lipinski definition) is 10. The first kappa shape index (κ1) is 41.3. The first-order chi connectivity index (χ1) is 23.3. The van der Waals surface area contributed by atoms with Crippen LogP contribution in [-0.2, 0) is 47.5 Å². The molecule has 3 heterocycles. The van der Waals surface area contributed by atoms with Crippen LogP contribution < -0.4 is 10.6 Å². The van der Waals surface area contributed by atoms with Crippen molar-refractivity contribution in [1.82, 2.24) is 10.6 Å². The average Bonchev–Trinajstić information content (AvgIpc) is 3.07. The normalized spacial score (nSPS) is 39.6. The van der Waals surface area contributed by atoms with Crippen LogP contribution in [0.4, 0.5) is 0 Å². The maximum atomic E-state index is 12.0. The molecule has 2 amide bonds. The molecule has 3 saturated heterocycles. The summed E-state index contributed by atoms with van der Waals surface area (Å²) in [5.41, 5.74) is 0. The van der Waals surface area contributed by atoms with Gasteiger partial charge in [-0.1, -0.05) is 6.42 Å². The number of methoxy groups -OCH3 is 1. The van der Waals surface area contributed by atoms with Gasteiger partial charge in [-0.25, -0.2) is 0 Å². The van der Waals surface area contributed by atoms with Gasteiger partial charge < -0.3 is 84.6 Å². The number of ether oxygens (including phenoxy) is 7. The van der Waals surface area contributed by atoms with E-state index in [0.29, 0.717) is 19.3 Å². The van der Waals surface area contributed by atoms with Crippen molar-refractivity contribution in [2.75, 3.05) is 33.5 Å². The largest absolute Gasteiger partial charge is 0.469 e. The molecule has 15 atom stereocenters.